The van der Waals surface area contributed by atoms with E-state index in [0.29, 0.717) is 12.1 Å². The largest absolute Gasteiger partial charge is 0.396 e. The highest BCUT2D eigenvalue weighted by molar-refractivity contribution is 7.18. The number of thiazole rings is 1. The molecule has 1 N–H and O–H groups in total. The zero-order valence-corrected chi connectivity index (χ0v) is 14.2. The van der Waals surface area contributed by atoms with Gasteiger partial charge in [0.15, 0.2) is 0 Å². The third kappa shape index (κ3) is 3.49. The van der Waals surface area contributed by atoms with Gasteiger partial charge < -0.3 is 5.11 Å². The maximum absolute atomic E-state index is 9.33. The number of aliphatic hydroxyl groups is 1. The van der Waals surface area contributed by atoms with Crippen molar-refractivity contribution in [2.45, 2.75) is 38.9 Å². The van der Waals surface area contributed by atoms with Gasteiger partial charge in [0, 0.05) is 38.3 Å². The zero-order chi connectivity index (χ0) is 15.5. The van der Waals surface area contributed by atoms with Gasteiger partial charge in [0.05, 0.1) is 16.8 Å². The smallest absolute Gasteiger partial charge is 0.108 e. The highest BCUT2D eigenvalue weighted by Crippen LogP contribution is 2.24. The number of nitrogens with zero attached hydrogens (tertiary/aromatic N) is 3. The van der Waals surface area contributed by atoms with Crippen LogP contribution in [0.3, 0.4) is 0 Å². The Morgan fingerprint density at radius 1 is 1.32 bits per heavy atom. The molecule has 0 bridgehead atoms. The number of aliphatic hydroxyl groups excluding tert-OH is 1. The van der Waals surface area contributed by atoms with Crippen LogP contribution in [0.5, 0.6) is 0 Å². The summed E-state index contributed by atoms with van der Waals surface area (Å²) in [5.41, 5.74) is 1.11. The second-order valence-corrected chi connectivity index (χ2v) is 7.42. The summed E-state index contributed by atoms with van der Waals surface area (Å²) in [5, 5.41) is 10.5. The summed E-state index contributed by atoms with van der Waals surface area (Å²) in [5.74, 6) is 0. The molecule has 0 aliphatic carbocycles. The summed E-state index contributed by atoms with van der Waals surface area (Å²) >= 11 is 1.80. The number of hydrogen-bond donors (Lipinski definition) is 1. The molecular formula is C17H25N3OS. The van der Waals surface area contributed by atoms with Gasteiger partial charge in [-0.3, -0.25) is 9.80 Å². The molecule has 2 heterocycles. The van der Waals surface area contributed by atoms with E-state index in [-0.39, 0.29) is 6.61 Å². The molecule has 0 amide bonds. The fourth-order valence-electron chi connectivity index (χ4n) is 3.34. The van der Waals surface area contributed by atoms with E-state index in [1.165, 1.54) is 9.71 Å². The van der Waals surface area contributed by atoms with Gasteiger partial charge in [-0.1, -0.05) is 12.1 Å². The molecule has 2 aromatic rings. The number of para-hydroxylation sites is 1. The molecule has 0 spiro atoms. The van der Waals surface area contributed by atoms with Crippen molar-refractivity contribution in [1.82, 2.24) is 14.8 Å². The monoisotopic (exact) mass is 319 g/mol. The Kier molecular flexibility index (Phi) is 5.08. The van der Waals surface area contributed by atoms with E-state index in [2.05, 4.69) is 41.8 Å². The third-order valence-electron chi connectivity index (χ3n) is 4.44. The summed E-state index contributed by atoms with van der Waals surface area (Å²) in [7, 11) is 0. The van der Waals surface area contributed by atoms with Crippen LogP contribution in [0.4, 0.5) is 0 Å². The van der Waals surface area contributed by atoms with Crippen LogP contribution in [-0.2, 0) is 6.54 Å². The Bertz CT molecular complexity index is 580. The number of benzene rings is 1. The van der Waals surface area contributed by atoms with Gasteiger partial charge in [-0.05, 0) is 32.4 Å². The standard InChI is InChI=1S/C17H25N3OS/c1-13(2)20-9-8-19(11-14(20)7-10-21)12-17-18-15-5-3-4-6-16(15)22-17/h3-6,13-14,21H,7-12H2,1-2H3/t14-/m1/s1. The molecule has 1 fully saturated rings. The minimum atomic E-state index is 0.267. The Hall–Kier alpha value is -1.01. The SMILES string of the molecule is CC(C)N1CCN(Cc2nc3ccccc3s2)C[C@H]1CCO. The van der Waals surface area contributed by atoms with Gasteiger partial charge >= 0.3 is 0 Å². The molecule has 3 rings (SSSR count). The molecule has 120 valence electrons. The van der Waals surface area contributed by atoms with Gasteiger partial charge in [-0.15, -0.1) is 11.3 Å². The first-order valence-corrected chi connectivity index (χ1v) is 8.92. The maximum Gasteiger partial charge on any atom is 0.108 e. The van der Waals surface area contributed by atoms with Crippen LogP contribution >= 0.6 is 11.3 Å². The first-order chi connectivity index (χ1) is 10.7. The maximum atomic E-state index is 9.33. The van der Waals surface area contributed by atoms with Crippen LogP contribution in [0.1, 0.15) is 25.3 Å². The molecule has 1 aromatic heterocycles. The number of hydrogen-bond acceptors (Lipinski definition) is 5. The van der Waals surface area contributed by atoms with E-state index in [9.17, 15) is 5.11 Å². The van der Waals surface area contributed by atoms with Crippen molar-refractivity contribution in [3.8, 4) is 0 Å². The summed E-state index contributed by atoms with van der Waals surface area (Å²) in [6, 6.07) is 9.34. The Labute approximate surface area is 136 Å². The molecular weight excluding hydrogens is 294 g/mol. The Morgan fingerprint density at radius 3 is 2.86 bits per heavy atom. The van der Waals surface area contributed by atoms with E-state index in [1.54, 1.807) is 11.3 Å². The van der Waals surface area contributed by atoms with Crippen LogP contribution in [0.2, 0.25) is 0 Å². The summed E-state index contributed by atoms with van der Waals surface area (Å²) < 4.78 is 1.27. The molecule has 1 saturated heterocycles. The van der Waals surface area contributed by atoms with Gasteiger partial charge in [0.2, 0.25) is 0 Å². The minimum absolute atomic E-state index is 0.267. The van der Waals surface area contributed by atoms with Gasteiger partial charge in [0.1, 0.15) is 5.01 Å². The molecule has 1 aliphatic heterocycles. The molecule has 1 aromatic carbocycles. The summed E-state index contributed by atoms with van der Waals surface area (Å²) in [6.07, 6.45) is 0.856. The van der Waals surface area contributed by atoms with Crippen molar-refractivity contribution >= 4 is 21.6 Å². The fraction of sp³-hybridized carbons (Fsp3) is 0.588. The van der Waals surface area contributed by atoms with Crippen molar-refractivity contribution in [2.24, 2.45) is 0 Å². The number of piperazine rings is 1. The van der Waals surface area contributed by atoms with Crippen LogP contribution in [0.15, 0.2) is 24.3 Å². The lowest BCUT2D eigenvalue weighted by molar-refractivity contribution is 0.0349. The molecule has 0 unspecified atom stereocenters. The number of aromatic nitrogens is 1. The lowest BCUT2D eigenvalue weighted by Gasteiger charge is -2.43. The topological polar surface area (TPSA) is 39.6 Å². The first-order valence-electron chi connectivity index (χ1n) is 8.11. The van der Waals surface area contributed by atoms with Crippen molar-refractivity contribution in [3.05, 3.63) is 29.3 Å². The average molecular weight is 319 g/mol. The fourth-order valence-corrected chi connectivity index (χ4v) is 4.35. The minimum Gasteiger partial charge on any atom is -0.396 e. The van der Waals surface area contributed by atoms with Crippen LogP contribution < -0.4 is 0 Å². The molecule has 0 radical (unpaired) electrons. The molecule has 0 saturated carbocycles. The van der Waals surface area contributed by atoms with Crippen LogP contribution in [0, 0.1) is 0 Å². The highest BCUT2D eigenvalue weighted by atomic mass is 32.1. The van der Waals surface area contributed by atoms with E-state index in [1.807, 2.05) is 6.07 Å². The van der Waals surface area contributed by atoms with Gasteiger partial charge in [-0.25, -0.2) is 4.98 Å². The second kappa shape index (κ2) is 7.04. The van der Waals surface area contributed by atoms with E-state index in [0.717, 1.165) is 38.1 Å². The van der Waals surface area contributed by atoms with E-state index < -0.39 is 0 Å². The predicted molar refractivity (Wildman–Crippen MR) is 92.2 cm³/mol. The quantitative estimate of drug-likeness (QED) is 0.919. The zero-order valence-electron chi connectivity index (χ0n) is 13.4. The second-order valence-electron chi connectivity index (χ2n) is 6.31. The number of fused-ring (bicyclic) bond motifs is 1. The highest BCUT2D eigenvalue weighted by Gasteiger charge is 2.28. The van der Waals surface area contributed by atoms with Gasteiger partial charge in [0.25, 0.3) is 0 Å². The molecule has 22 heavy (non-hydrogen) atoms. The number of rotatable bonds is 5. The van der Waals surface area contributed by atoms with Crippen molar-refractivity contribution in [1.29, 1.82) is 0 Å². The van der Waals surface area contributed by atoms with Crippen molar-refractivity contribution in [3.63, 3.8) is 0 Å². The molecule has 5 heteroatoms. The molecule has 1 atom stereocenters. The average Bonchev–Trinajstić information content (AvgIpc) is 2.89. The van der Waals surface area contributed by atoms with Crippen LogP contribution in [-0.4, -0.2) is 58.2 Å². The van der Waals surface area contributed by atoms with Crippen LogP contribution in [0.25, 0.3) is 10.2 Å². The normalized spacial score (nSPS) is 21.0. The molecule has 4 nitrogen and oxygen atoms in total. The summed E-state index contributed by atoms with van der Waals surface area (Å²) in [6.45, 7) is 8.86. The van der Waals surface area contributed by atoms with Crippen molar-refractivity contribution < 1.29 is 5.11 Å². The predicted octanol–water partition coefficient (Wildman–Crippen LogP) is 2.57. The molecule has 1 aliphatic rings. The third-order valence-corrected chi connectivity index (χ3v) is 5.46. The van der Waals surface area contributed by atoms with Crippen molar-refractivity contribution in [2.75, 3.05) is 26.2 Å². The van der Waals surface area contributed by atoms with Gasteiger partial charge in [-0.2, -0.15) is 0 Å². The lowest BCUT2D eigenvalue weighted by Crippen LogP contribution is -2.55. The van der Waals surface area contributed by atoms with E-state index >= 15 is 0 Å². The van der Waals surface area contributed by atoms with E-state index in [4.69, 9.17) is 4.98 Å². The summed E-state index contributed by atoms with van der Waals surface area (Å²) in [4.78, 5) is 9.75. The Balaban J connectivity index is 1.67. The first kappa shape index (κ1) is 15.9. The Morgan fingerprint density at radius 2 is 2.14 bits per heavy atom. The lowest BCUT2D eigenvalue weighted by atomic mass is 10.1.